The largest absolute Gasteiger partial charge is 0.394 e. The molecule has 0 radical (unpaired) electrons. The molecule has 2 fully saturated rings. The van der Waals surface area contributed by atoms with E-state index >= 15 is 0 Å². The maximum atomic E-state index is 13.2. The molecular weight excluding hydrogens is 907 g/mol. The van der Waals surface area contributed by atoms with Crippen LogP contribution >= 0.6 is 0 Å². The topological polar surface area (TPSA) is 228 Å². The highest BCUT2D eigenvalue weighted by Gasteiger charge is 2.51. The zero-order valence-corrected chi connectivity index (χ0v) is 43.9. The molecular formula is C57H101NO13. The number of carbonyl (C=O) groups is 1. The fraction of sp³-hybridized carbons (Fsp3) is 0.807. The normalized spacial score (nSPS) is 26.2. The van der Waals surface area contributed by atoms with Gasteiger partial charge >= 0.3 is 0 Å². The van der Waals surface area contributed by atoms with Crippen molar-refractivity contribution in [1.82, 2.24) is 5.32 Å². The summed E-state index contributed by atoms with van der Waals surface area (Å²) in [4.78, 5) is 13.2. The standard InChI is InChI=1S/C57H101NO13/c1-3-5-7-9-11-13-15-17-19-21-22-23-25-26-28-30-32-34-36-38-40-46(61)45(58-49(62)41-39-37-35-33-31-29-27-24-20-18-16-14-12-10-8-6-4-2)44-68-56-54(67)52(65)55(48(43-60)70-56)71-57-53(66)51(64)50(63)47(42-59)69-57/h6,8,12,14,18,20,30,32,38,40,45-48,50-57,59-61,63-67H,3-5,7,9-11,13,15-17,19,21-29,31,33-37,39,41-44H2,1-2H3,(H,58,62)/b8-6-,14-12-,20-18-,32-30+,40-38+. The lowest BCUT2D eigenvalue weighted by Crippen LogP contribution is -2.65. The summed E-state index contributed by atoms with van der Waals surface area (Å²) in [6.07, 6.45) is 36.8. The first kappa shape index (κ1) is 64.8. The molecule has 0 spiro atoms. The maximum Gasteiger partial charge on any atom is 0.220 e. The van der Waals surface area contributed by atoms with Gasteiger partial charge in [-0.05, 0) is 64.2 Å². The molecule has 412 valence electrons. The fourth-order valence-electron chi connectivity index (χ4n) is 8.91. The van der Waals surface area contributed by atoms with Crippen molar-refractivity contribution in [3.05, 3.63) is 60.8 Å². The Kier molecular flexibility index (Phi) is 39.2. The average Bonchev–Trinajstić information content (AvgIpc) is 3.37. The average molecular weight is 1010 g/mol. The molecule has 2 aliphatic heterocycles. The van der Waals surface area contributed by atoms with Gasteiger partial charge in [-0.1, -0.05) is 190 Å². The number of carbonyl (C=O) groups excluding carboxylic acids is 1. The summed E-state index contributed by atoms with van der Waals surface area (Å²) in [6, 6.07) is -0.939. The Balaban J connectivity index is 1.83. The highest BCUT2D eigenvalue weighted by atomic mass is 16.7. The third-order valence-corrected chi connectivity index (χ3v) is 13.4. The molecule has 14 nitrogen and oxygen atoms in total. The van der Waals surface area contributed by atoms with Crippen molar-refractivity contribution >= 4 is 5.91 Å². The van der Waals surface area contributed by atoms with Crippen LogP contribution in [0.15, 0.2) is 60.8 Å². The van der Waals surface area contributed by atoms with Crippen molar-refractivity contribution in [2.24, 2.45) is 0 Å². The quantitative estimate of drug-likeness (QED) is 0.0206. The van der Waals surface area contributed by atoms with Gasteiger partial charge in [0.1, 0.15) is 48.8 Å². The first-order chi connectivity index (χ1) is 34.6. The van der Waals surface area contributed by atoms with Gasteiger partial charge in [-0.2, -0.15) is 0 Å². The Bertz CT molecular complexity index is 1420. The SMILES string of the molecule is CC/C=C\C/C=C\C/C=C\CCCCCCCCCC(=O)NC(COC1OC(CO)C(OC2OC(CO)C(O)C(O)C2O)C(O)C1O)C(O)/C=C/CC/C=C/CCCCCCCCCCCCCCCC. The number of hydrogen-bond acceptors (Lipinski definition) is 13. The molecule has 12 unspecified atom stereocenters. The minimum absolute atomic E-state index is 0.260. The molecule has 14 heteroatoms. The minimum atomic E-state index is -1.79. The van der Waals surface area contributed by atoms with Gasteiger partial charge in [0.05, 0.1) is 32.0 Å². The number of unbranched alkanes of at least 4 members (excludes halogenated alkanes) is 22. The van der Waals surface area contributed by atoms with Crippen molar-refractivity contribution in [3.63, 3.8) is 0 Å². The number of hydrogen-bond donors (Lipinski definition) is 9. The van der Waals surface area contributed by atoms with E-state index in [-0.39, 0.29) is 18.9 Å². The van der Waals surface area contributed by atoms with Crippen molar-refractivity contribution < 1.29 is 64.6 Å². The second-order valence-electron chi connectivity index (χ2n) is 19.7. The molecule has 71 heavy (non-hydrogen) atoms. The van der Waals surface area contributed by atoms with E-state index in [0.29, 0.717) is 12.8 Å². The number of allylic oxidation sites excluding steroid dienone is 9. The van der Waals surface area contributed by atoms with Crippen LogP contribution in [0.2, 0.25) is 0 Å². The zero-order chi connectivity index (χ0) is 51.7. The van der Waals surface area contributed by atoms with Gasteiger partial charge in [-0.15, -0.1) is 0 Å². The van der Waals surface area contributed by atoms with Crippen LogP contribution in [0, 0.1) is 0 Å². The van der Waals surface area contributed by atoms with E-state index < -0.39 is 86.8 Å². The lowest BCUT2D eigenvalue weighted by Gasteiger charge is -2.46. The molecule has 2 heterocycles. The Morgan fingerprint density at radius 3 is 1.55 bits per heavy atom. The van der Waals surface area contributed by atoms with Crippen LogP contribution in [0.5, 0.6) is 0 Å². The van der Waals surface area contributed by atoms with Gasteiger partial charge in [-0.25, -0.2) is 0 Å². The molecule has 0 aromatic heterocycles. The number of nitrogens with one attached hydrogen (secondary N) is 1. The molecule has 0 aliphatic carbocycles. The number of amides is 1. The molecule has 2 aliphatic rings. The Labute approximate surface area is 428 Å². The Hall–Kier alpha value is -2.31. The predicted octanol–water partition coefficient (Wildman–Crippen LogP) is 8.61. The van der Waals surface area contributed by atoms with Crippen LogP contribution in [-0.2, 0) is 23.7 Å². The smallest absolute Gasteiger partial charge is 0.220 e. The predicted molar refractivity (Wildman–Crippen MR) is 281 cm³/mol. The van der Waals surface area contributed by atoms with E-state index in [1.54, 1.807) is 6.08 Å². The van der Waals surface area contributed by atoms with Crippen LogP contribution < -0.4 is 5.32 Å². The van der Waals surface area contributed by atoms with Crippen molar-refractivity contribution in [3.8, 4) is 0 Å². The lowest BCUT2D eigenvalue weighted by atomic mass is 9.97. The first-order valence-corrected chi connectivity index (χ1v) is 28.0. The molecule has 0 aromatic rings. The van der Waals surface area contributed by atoms with Gasteiger partial charge < -0.3 is 65.1 Å². The van der Waals surface area contributed by atoms with E-state index in [2.05, 4.69) is 67.8 Å². The zero-order valence-electron chi connectivity index (χ0n) is 43.9. The highest BCUT2D eigenvalue weighted by molar-refractivity contribution is 5.76. The first-order valence-electron chi connectivity index (χ1n) is 28.0. The number of ether oxygens (including phenoxy) is 4. The summed E-state index contributed by atoms with van der Waals surface area (Å²) < 4.78 is 22.7. The molecule has 9 N–H and O–H groups in total. The third kappa shape index (κ3) is 29.4. The summed E-state index contributed by atoms with van der Waals surface area (Å²) >= 11 is 0. The number of aliphatic hydroxyl groups is 8. The van der Waals surface area contributed by atoms with Gasteiger partial charge in [-0.3, -0.25) is 4.79 Å². The molecule has 2 rings (SSSR count). The maximum absolute atomic E-state index is 13.2. The Morgan fingerprint density at radius 1 is 0.521 bits per heavy atom. The van der Waals surface area contributed by atoms with Crippen LogP contribution in [-0.4, -0.2) is 140 Å². The van der Waals surface area contributed by atoms with E-state index in [9.17, 15) is 45.6 Å². The van der Waals surface area contributed by atoms with Crippen molar-refractivity contribution in [1.29, 1.82) is 0 Å². The molecule has 12 atom stereocenters. The molecule has 0 aromatic carbocycles. The minimum Gasteiger partial charge on any atom is -0.394 e. The molecule has 1 amide bonds. The monoisotopic (exact) mass is 1010 g/mol. The molecule has 2 saturated heterocycles. The van der Waals surface area contributed by atoms with E-state index in [1.165, 1.54) is 96.3 Å². The summed E-state index contributed by atoms with van der Waals surface area (Å²) in [7, 11) is 0. The van der Waals surface area contributed by atoms with Crippen molar-refractivity contribution in [2.75, 3.05) is 19.8 Å². The van der Waals surface area contributed by atoms with Crippen LogP contribution in [0.1, 0.15) is 200 Å². The van der Waals surface area contributed by atoms with E-state index in [1.807, 2.05) is 6.08 Å². The van der Waals surface area contributed by atoms with Crippen LogP contribution in [0.25, 0.3) is 0 Å². The number of rotatable bonds is 43. The van der Waals surface area contributed by atoms with Gasteiger partial charge in [0.15, 0.2) is 12.6 Å². The summed E-state index contributed by atoms with van der Waals surface area (Å²) in [5.74, 6) is -0.261. The van der Waals surface area contributed by atoms with Gasteiger partial charge in [0.2, 0.25) is 5.91 Å². The van der Waals surface area contributed by atoms with Gasteiger partial charge in [0, 0.05) is 6.42 Å². The second-order valence-corrected chi connectivity index (χ2v) is 19.7. The van der Waals surface area contributed by atoms with Gasteiger partial charge in [0.25, 0.3) is 0 Å². The number of aliphatic hydroxyl groups excluding tert-OH is 8. The van der Waals surface area contributed by atoms with Crippen LogP contribution in [0.4, 0.5) is 0 Å². The lowest BCUT2D eigenvalue weighted by molar-refractivity contribution is -0.359. The summed E-state index contributed by atoms with van der Waals surface area (Å²) in [5.41, 5.74) is 0. The second kappa shape index (κ2) is 43.0. The highest BCUT2D eigenvalue weighted by Crippen LogP contribution is 2.30. The van der Waals surface area contributed by atoms with E-state index in [4.69, 9.17) is 18.9 Å². The summed E-state index contributed by atoms with van der Waals surface area (Å²) in [5, 5.41) is 86.9. The van der Waals surface area contributed by atoms with Crippen LogP contribution in [0.3, 0.4) is 0 Å². The Morgan fingerprint density at radius 2 is 0.986 bits per heavy atom. The fourth-order valence-corrected chi connectivity index (χ4v) is 8.91. The van der Waals surface area contributed by atoms with Crippen molar-refractivity contribution in [2.45, 2.75) is 274 Å². The van der Waals surface area contributed by atoms with E-state index in [0.717, 1.165) is 70.6 Å². The molecule has 0 saturated carbocycles. The summed E-state index contributed by atoms with van der Waals surface area (Å²) in [6.45, 7) is 2.66. The third-order valence-electron chi connectivity index (χ3n) is 13.4. The molecule has 0 bridgehead atoms.